The SMILES string of the molecule is CCNC(CSc1cccc(F)c1)c1cc(F)ccc1C. The Labute approximate surface area is 128 Å². The van der Waals surface area contributed by atoms with Crippen molar-refractivity contribution in [3.8, 4) is 0 Å². The van der Waals surface area contributed by atoms with Crippen LogP contribution in [-0.4, -0.2) is 12.3 Å². The lowest BCUT2D eigenvalue weighted by atomic mass is 10.0. The first-order valence-electron chi connectivity index (χ1n) is 6.98. The fourth-order valence-corrected chi connectivity index (χ4v) is 3.26. The van der Waals surface area contributed by atoms with Crippen LogP contribution in [0.3, 0.4) is 0 Å². The van der Waals surface area contributed by atoms with Crippen LogP contribution in [0.5, 0.6) is 0 Å². The lowest BCUT2D eigenvalue weighted by molar-refractivity contribution is 0.585. The summed E-state index contributed by atoms with van der Waals surface area (Å²) in [5.41, 5.74) is 2.02. The van der Waals surface area contributed by atoms with E-state index in [2.05, 4.69) is 5.32 Å². The second kappa shape index (κ2) is 7.57. The van der Waals surface area contributed by atoms with Gasteiger partial charge in [-0.3, -0.25) is 0 Å². The Morgan fingerprint density at radius 2 is 1.86 bits per heavy atom. The molecule has 0 fully saturated rings. The number of hydrogen-bond acceptors (Lipinski definition) is 2. The second-order valence-electron chi connectivity index (χ2n) is 4.88. The summed E-state index contributed by atoms with van der Waals surface area (Å²) in [6, 6.07) is 11.4. The summed E-state index contributed by atoms with van der Waals surface area (Å²) < 4.78 is 26.7. The van der Waals surface area contributed by atoms with Crippen molar-refractivity contribution in [2.75, 3.05) is 12.3 Å². The van der Waals surface area contributed by atoms with E-state index in [1.54, 1.807) is 30.0 Å². The van der Waals surface area contributed by atoms with Crippen LogP contribution in [0.1, 0.15) is 24.1 Å². The van der Waals surface area contributed by atoms with Gasteiger partial charge in [-0.05, 0) is 54.9 Å². The second-order valence-corrected chi connectivity index (χ2v) is 5.97. The van der Waals surface area contributed by atoms with Gasteiger partial charge in [-0.25, -0.2) is 8.78 Å². The number of benzene rings is 2. The van der Waals surface area contributed by atoms with E-state index < -0.39 is 0 Å². The Bertz CT molecular complexity index is 601. The van der Waals surface area contributed by atoms with Crippen molar-refractivity contribution < 1.29 is 8.78 Å². The minimum atomic E-state index is -0.234. The molecular formula is C17H19F2NS. The minimum absolute atomic E-state index is 0.0407. The van der Waals surface area contributed by atoms with Gasteiger partial charge in [0.25, 0.3) is 0 Å². The molecule has 4 heteroatoms. The Hall–Kier alpha value is -1.39. The molecule has 2 rings (SSSR count). The van der Waals surface area contributed by atoms with E-state index in [1.807, 2.05) is 19.9 Å². The molecule has 0 saturated heterocycles. The molecule has 2 aromatic rings. The van der Waals surface area contributed by atoms with Gasteiger partial charge in [-0.1, -0.05) is 19.1 Å². The minimum Gasteiger partial charge on any atom is -0.309 e. The van der Waals surface area contributed by atoms with Crippen LogP contribution in [0, 0.1) is 18.6 Å². The van der Waals surface area contributed by atoms with Gasteiger partial charge in [0.2, 0.25) is 0 Å². The van der Waals surface area contributed by atoms with E-state index in [0.29, 0.717) is 0 Å². The van der Waals surface area contributed by atoms with Gasteiger partial charge in [0.15, 0.2) is 0 Å². The molecule has 21 heavy (non-hydrogen) atoms. The molecule has 0 bridgehead atoms. The molecule has 0 amide bonds. The lowest BCUT2D eigenvalue weighted by Gasteiger charge is -2.20. The molecule has 112 valence electrons. The van der Waals surface area contributed by atoms with Gasteiger partial charge in [0.1, 0.15) is 11.6 Å². The fourth-order valence-electron chi connectivity index (χ4n) is 2.23. The Morgan fingerprint density at radius 3 is 2.57 bits per heavy atom. The molecule has 1 nitrogen and oxygen atoms in total. The van der Waals surface area contributed by atoms with Crippen LogP contribution in [-0.2, 0) is 0 Å². The van der Waals surface area contributed by atoms with E-state index >= 15 is 0 Å². The van der Waals surface area contributed by atoms with Crippen LogP contribution < -0.4 is 5.32 Å². The first-order valence-corrected chi connectivity index (χ1v) is 7.96. The van der Waals surface area contributed by atoms with Crippen molar-refractivity contribution >= 4 is 11.8 Å². The zero-order chi connectivity index (χ0) is 15.2. The lowest BCUT2D eigenvalue weighted by Crippen LogP contribution is -2.23. The van der Waals surface area contributed by atoms with Crippen LogP contribution in [0.4, 0.5) is 8.78 Å². The van der Waals surface area contributed by atoms with Crippen molar-refractivity contribution in [2.24, 2.45) is 0 Å². The first kappa shape index (κ1) is 16.0. The first-order chi connectivity index (χ1) is 10.1. The topological polar surface area (TPSA) is 12.0 Å². The number of nitrogens with one attached hydrogen (secondary N) is 1. The molecular weight excluding hydrogens is 288 g/mol. The highest BCUT2D eigenvalue weighted by Crippen LogP contribution is 2.27. The third-order valence-electron chi connectivity index (χ3n) is 3.28. The molecule has 1 atom stereocenters. The molecule has 0 heterocycles. The molecule has 0 saturated carbocycles. The molecule has 2 aromatic carbocycles. The Kier molecular flexibility index (Phi) is 5.76. The Morgan fingerprint density at radius 1 is 1.10 bits per heavy atom. The normalized spacial score (nSPS) is 12.4. The molecule has 0 spiro atoms. The van der Waals surface area contributed by atoms with Crippen molar-refractivity contribution in [3.05, 3.63) is 65.2 Å². The number of aryl methyl sites for hydroxylation is 1. The summed E-state index contributed by atoms with van der Waals surface area (Å²) in [5.74, 6) is 0.262. The maximum atomic E-state index is 13.5. The van der Waals surface area contributed by atoms with E-state index in [1.165, 1.54) is 18.2 Å². The van der Waals surface area contributed by atoms with Gasteiger partial charge < -0.3 is 5.32 Å². The summed E-state index contributed by atoms with van der Waals surface area (Å²) in [4.78, 5) is 0.881. The monoisotopic (exact) mass is 307 g/mol. The van der Waals surface area contributed by atoms with Crippen molar-refractivity contribution in [3.63, 3.8) is 0 Å². The molecule has 0 aromatic heterocycles. The highest BCUT2D eigenvalue weighted by Gasteiger charge is 2.14. The molecule has 0 aliphatic rings. The number of rotatable bonds is 6. The van der Waals surface area contributed by atoms with Gasteiger partial charge in [-0.2, -0.15) is 0 Å². The Balaban J connectivity index is 2.13. The summed E-state index contributed by atoms with van der Waals surface area (Å²) in [7, 11) is 0. The van der Waals surface area contributed by atoms with Gasteiger partial charge >= 0.3 is 0 Å². The van der Waals surface area contributed by atoms with Crippen molar-refractivity contribution in [1.29, 1.82) is 0 Å². The van der Waals surface area contributed by atoms with E-state index in [-0.39, 0.29) is 17.7 Å². The summed E-state index contributed by atoms with van der Waals surface area (Å²) in [6.07, 6.45) is 0. The van der Waals surface area contributed by atoms with Crippen LogP contribution in [0.15, 0.2) is 47.4 Å². The fraction of sp³-hybridized carbons (Fsp3) is 0.294. The van der Waals surface area contributed by atoms with Gasteiger partial charge in [-0.15, -0.1) is 11.8 Å². The van der Waals surface area contributed by atoms with Crippen LogP contribution >= 0.6 is 11.8 Å². The highest BCUT2D eigenvalue weighted by atomic mass is 32.2. The van der Waals surface area contributed by atoms with E-state index in [0.717, 1.165) is 28.3 Å². The predicted molar refractivity (Wildman–Crippen MR) is 84.7 cm³/mol. The predicted octanol–water partition coefficient (Wildman–Crippen LogP) is 4.72. The third kappa shape index (κ3) is 4.55. The molecule has 0 aliphatic carbocycles. The number of hydrogen-bond donors (Lipinski definition) is 1. The van der Waals surface area contributed by atoms with Crippen LogP contribution in [0.2, 0.25) is 0 Å². The van der Waals surface area contributed by atoms with E-state index in [9.17, 15) is 8.78 Å². The van der Waals surface area contributed by atoms with Crippen LogP contribution in [0.25, 0.3) is 0 Å². The highest BCUT2D eigenvalue weighted by molar-refractivity contribution is 7.99. The largest absolute Gasteiger partial charge is 0.309 e. The summed E-state index contributed by atoms with van der Waals surface area (Å²) >= 11 is 1.57. The van der Waals surface area contributed by atoms with Crippen molar-refractivity contribution in [2.45, 2.75) is 24.8 Å². The quantitative estimate of drug-likeness (QED) is 0.775. The smallest absolute Gasteiger partial charge is 0.124 e. The zero-order valence-electron chi connectivity index (χ0n) is 12.2. The number of thioether (sulfide) groups is 1. The average molecular weight is 307 g/mol. The van der Waals surface area contributed by atoms with Gasteiger partial charge in [0.05, 0.1) is 0 Å². The zero-order valence-corrected chi connectivity index (χ0v) is 13.0. The summed E-state index contributed by atoms with van der Waals surface area (Å²) in [6.45, 7) is 4.80. The maximum absolute atomic E-state index is 13.5. The third-order valence-corrected chi connectivity index (χ3v) is 4.37. The van der Waals surface area contributed by atoms with Gasteiger partial charge in [0, 0.05) is 16.7 Å². The number of halogens is 2. The molecule has 1 N–H and O–H groups in total. The standard InChI is InChI=1S/C17H19F2NS/c1-3-20-17(16-10-14(19)8-7-12(16)2)11-21-15-6-4-5-13(18)9-15/h4-10,17,20H,3,11H2,1-2H3. The molecule has 1 unspecified atom stereocenters. The average Bonchev–Trinajstić information content (AvgIpc) is 2.46. The molecule has 0 aliphatic heterocycles. The maximum Gasteiger partial charge on any atom is 0.124 e. The van der Waals surface area contributed by atoms with E-state index in [4.69, 9.17) is 0 Å². The summed E-state index contributed by atoms with van der Waals surface area (Å²) in [5, 5.41) is 3.37. The molecule has 0 radical (unpaired) electrons. The van der Waals surface area contributed by atoms with Crippen molar-refractivity contribution in [1.82, 2.24) is 5.32 Å².